The predicted octanol–water partition coefficient (Wildman–Crippen LogP) is 1.50. The van der Waals surface area contributed by atoms with E-state index in [0.29, 0.717) is 10.7 Å². The van der Waals surface area contributed by atoms with Crippen LogP contribution in [0.4, 0.5) is 5.69 Å². The van der Waals surface area contributed by atoms with Crippen LogP contribution in [0, 0.1) is 0 Å². The minimum atomic E-state index is 0.538. The summed E-state index contributed by atoms with van der Waals surface area (Å²) >= 11 is 5.94. The Morgan fingerprint density at radius 1 is 1.23 bits per heavy atom. The van der Waals surface area contributed by atoms with Crippen molar-refractivity contribution in [2.45, 2.75) is 0 Å². The van der Waals surface area contributed by atoms with Gasteiger partial charge in [0.2, 0.25) is 0 Å². The summed E-state index contributed by atoms with van der Waals surface area (Å²) < 4.78 is 0. The zero-order valence-corrected chi connectivity index (χ0v) is 7.44. The van der Waals surface area contributed by atoms with Gasteiger partial charge in [0.05, 0.1) is 17.4 Å². The lowest BCUT2D eigenvalue weighted by Gasteiger charge is -2.02. The van der Waals surface area contributed by atoms with E-state index in [1.807, 2.05) is 0 Å². The molecule has 0 bridgehead atoms. The van der Waals surface area contributed by atoms with Crippen molar-refractivity contribution in [2.24, 2.45) is 0 Å². The number of nitrogens with two attached hydrogens (primary N) is 1. The highest BCUT2D eigenvalue weighted by molar-refractivity contribution is 6.32. The predicted molar refractivity (Wildman–Crippen MR) is 50.8 cm³/mol. The van der Waals surface area contributed by atoms with Crippen LogP contribution in [0.3, 0.4) is 0 Å². The lowest BCUT2D eigenvalue weighted by Crippen LogP contribution is -1.99. The molecule has 2 aromatic rings. The fraction of sp³-hybridized carbons (Fsp3) is 0. The molecular weight excluding hydrogens is 188 g/mol. The first-order valence-electron chi connectivity index (χ1n) is 3.69. The Morgan fingerprint density at radius 3 is 2.54 bits per heavy atom. The van der Waals surface area contributed by atoms with Crippen LogP contribution in [0.5, 0.6) is 0 Å². The molecule has 0 spiro atoms. The van der Waals surface area contributed by atoms with E-state index in [1.165, 1.54) is 4.80 Å². The van der Waals surface area contributed by atoms with Crippen molar-refractivity contribution in [3.05, 3.63) is 35.6 Å². The number of anilines is 1. The van der Waals surface area contributed by atoms with Gasteiger partial charge < -0.3 is 5.73 Å². The van der Waals surface area contributed by atoms with Gasteiger partial charge in [-0.05, 0) is 18.2 Å². The number of halogens is 1. The van der Waals surface area contributed by atoms with Gasteiger partial charge in [-0.2, -0.15) is 15.0 Å². The third-order valence-corrected chi connectivity index (χ3v) is 1.91. The highest BCUT2D eigenvalue weighted by Gasteiger charge is 2.03. The van der Waals surface area contributed by atoms with Crippen molar-refractivity contribution in [1.29, 1.82) is 0 Å². The molecule has 0 aliphatic rings. The first-order valence-corrected chi connectivity index (χ1v) is 4.07. The SMILES string of the molecule is Nc1ccc(-n2nccn2)c(Cl)c1. The molecule has 1 aromatic heterocycles. The zero-order chi connectivity index (χ0) is 9.26. The second-order valence-electron chi connectivity index (χ2n) is 2.53. The second-order valence-corrected chi connectivity index (χ2v) is 2.94. The Morgan fingerprint density at radius 2 is 1.92 bits per heavy atom. The monoisotopic (exact) mass is 194 g/mol. The molecule has 0 saturated heterocycles. The Hall–Kier alpha value is -1.55. The average Bonchev–Trinajstić information content (AvgIpc) is 2.56. The van der Waals surface area contributed by atoms with Crippen molar-refractivity contribution in [3.8, 4) is 5.69 Å². The van der Waals surface area contributed by atoms with Gasteiger partial charge in [-0.3, -0.25) is 0 Å². The molecule has 0 radical (unpaired) electrons. The van der Waals surface area contributed by atoms with Crippen LogP contribution >= 0.6 is 11.6 Å². The van der Waals surface area contributed by atoms with Crippen molar-refractivity contribution < 1.29 is 0 Å². The molecule has 13 heavy (non-hydrogen) atoms. The minimum absolute atomic E-state index is 0.538. The summed E-state index contributed by atoms with van der Waals surface area (Å²) in [5.41, 5.74) is 6.90. The number of aromatic nitrogens is 3. The van der Waals surface area contributed by atoms with E-state index in [-0.39, 0.29) is 0 Å². The maximum atomic E-state index is 5.94. The fourth-order valence-corrected chi connectivity index (χ4v) is 1.29. The third kappa shape index (κ3) is 1.48. The molecule has 1 heterocycles. The fourth-order valence-electron chi connectivity index (χ4n) is 1.03. The highest BCUT2D eigenvalue weighted by atomic mass is 35.5. The van der Waals surface area contributed by atoms with Gasteiger partial charge in [0.15, 0.2) is 0 Å². The molecule has 1 aromatic carbocycles. The molecule has 0 aliphatic heterocycles. The third-order valence-electron chi connectivity index (χ3n) is 1.61. The van der Waals surface area contributed by atoms with Crippen LogP contribution in [-0.4, -0.2) is 15.0 Å². The molecule has 66 valence electrons. The molecule has 0 unspecified atom stereocenters. The van der Waals surface area contributed by atoms with Crippen LogP contribution in [-0.2, 0) is 0 Å². The topological polar surface area (TPSA) is 56.7 Å². The molecule has 2 N–H and O–H groups in total. The minimum Gasteiger partial charge on any atom is -0.399 e. The van der Waals surface area contributed by atoms with Gasteiger partial charge >= 0.3 is 0 Å². The maximum absolute atomic E-state index is 5.94. The summed E-state index contributed by atoms with van der Waals surface area (Å²) in [4.78, 5) is 1.45. The van der Waals surface area contributed by atoms with Gasteiger partial charge in [-0.15, -0.1) is 0 Å². The standard InChI is InChI=1S/C8H7ClN4/c9-7-5-6(10)1-2-8(7)13-11-3-4-12-13/h1-5H,10H2. The molecular formula is C8H7ClN4. The highest BCUT2D eigenvalue weighted by Crippen LogP contribution is 2.21. The van der Waals surface area contributed by atoms with E-state index in [4.69, 9.17) is 17.3 Å². The van der Waals surface area contributed by atoms with Crippen molar-refractivity contribution in [2.75, 3.05) is 5.73 Å². The first kappa shape index (κ1) is 8.07. The summed E-state index contributed by atoms with van der Waals surface area (Å²) in [5.74, 6) is 0. The number of nitrogen functional groups attached to an aromatic ring is 1. The van der Waals surface area contributed by atoms with Crippen molar-refractivity contribution in [1.82, 2.24) is 15.0 Å². The van der Waals surface area contributed by atoms with Crippen LogP contribution in [0.2, 0.25) is 5.02 Å². The Labute approximate surface area is 79.9 Å². The molecule has 5 heteroatoms. The number of nitrogens with zero attached hydrogens (tertiary/aromatic N) is 3. The molecule has 0 saturated carbocycles. The van der Waals surface area contributed by atoms with Crippen LogP contribution < -0.4 is 5.73 Å². The first-order chi connectivity index (χ1) is 6.27. The summed E-state index contributed by atoms with van der Waals surface area (Å²) in [6.07, 6.45) is 3.18. The van der Waals surface area contributed by atoms with E-state index in [0.717, 1.165) is 5.69 Å². The Bertz CT molecular complexity index is 410. The summed E-state index contributed by atoms with van der Waals surface area (Å²) in [5, 5.41) is 8.45. The molecule has 0 fully saturated rings. The number of hydrogen-bond donors (Lipinski definition) is 1. The van der Waals surface area contributed by atoms with Crippen molar-refractivity contribution >= 4 is 17.3 Å². The summed E-state index contributed by atoms with van der Waals surface area (Å²) in [7, 11) is 0. The normalized spacial score (nSPS) is 10.2. The van der Waals surface area contributed by atoms with Gasteiger partial charge in [0.1, 0.15) is 5.69 Å². The summed E-state index contributed by atoms with van der Waals surface area (Å²) in [6.45, 7) is 0. The zero-order valence-electron chi connectivity index (χ0n) is 6.68. The van der Waals surface area contributed by atoms with Crippen LogP contribution in [0.25, 0.3) is 5.69 Å². The number of rotatable bonds is 1. The van der Waals surface area contributed by atoms with Crippen LogP contribution in [0.1, 0.15) is 0 Å². The number of benzene rings is 1. The quantitative estimate of drug-likeness (QED) is 0.700. The molecule has 0 aliphatic carbocycles. The van der Waals surface area contributed by atoms with Gasteiger partial charge in [-0.1, -0.05) is 11.6 Å². The summed E-state index contributed by atoms with van der Waals surface area (Å²) in [6, 6.07) is 5.20. The Balaban J connectivity index is 2.53. The van der Waals surface area contributed by atoms with Gasteiger partial charge in [0, 0.05) is 5.69 Å². The average molecular weight is 195 g/mol. The Kier molecular flexibility index (Phi) is 1.90. The van der Waals surface area contributed by atoms with Gasteiger partial charge in [0.25, 0.3) is 0 Å². The van der Waals surface area contributed by atoms with E-state index in [9.17, 15) is 0 Å². The molecule has 2 rings (SSSR count). The number of hydrogen-bond acceptors (Lipinski definition) is 3. The molecule has 0 amide bonds. The van der Waals surface area contributed by atoms with Gasteiger partial charge in [-0.25, -0.2) is 0 Å². The molecule has 0 atom stereocenters. The van der Waals surface area contributed by atoms with Crippen molar-refractivity contribution in [3.63, 3.8) is 0 Å². The largest absolute Gasteiger partial charge is 0.399 e. The maximum Gasteiger partial charge on any atom is 0.104 e. The lowest BCUT2D eigenvalue weighted by atomic mass is 10.3. The lowest BCUT2D eigenvalue weighted by molar-refractivity contribution is 0.752. The van der Waals surface area contributed by atoms with E-state index >= 15 is 0 Å². The van der Waals surface area contributed by atoms with E-state index in [2.05, 4.69) is 10.2 Å². The van der Waals surface area contributed by atoms with E-state index in [1.54, 1.807) is 30.6 Å². The van der Waals surface area contributed by atoms with Crippen LogP contribution in [0.15, 0.2) is 30.6 Å². The smallest absolute Gasteiger partial charge is 0.104 e. The second kappa shape index (κ2) is 3.06. The van der Waals surface area contributed by atoms with E-state index < -0.39 is 0 Å². The molecule has 4 nitrogen and oxygen atoms in total.